The SMILES string of the molecule is Cn1ccc(C2(O)CCC(c3ccccc3)CC2)n1. The molecule has 3 rings (SSSR count). The first kappa shape index (κ1) is 12.4. The summed E-state index contributed by atoms with van der Waals surface area (Å²) in [6.07, 6.45) is 5.54. The number of aromatic nitrogens is 2. The average molecular weight is 256 g/mol. The molecule has 0 amide bonds. The number of hydrogen-bond acceptors (Lipinski definition) is 2. The molecule has 1 fully saturated rings. The van der Waals surface area contributed by atoms with Crippen molar-refractivity contribution in [2.45, 2.75) is 37.2 Å². The van der Waals surface area contributed by atoms with Crippen molar-refractivity contribution in [3.05, 3.63) is 53.9 Å². The van der Waals surface area contributed by atoms with Gasteiger partial charge in [0, 0.05) is 13.2 Å². The fourth-order valence-corrected chi connectivity index (χ4v) is 3.07. The third-order valence-electron chi connectivity index (χ3n) is 4.27. The van der Waals surface area contributed by atoms with Crippen LogP contribution in [0.5, 0.6) is 0 Å². The van der Waals surface area contributed by atoms with Crippen molar-refractivity contribution >= 4 is 0 Å². The number of nitrogens with zero attached hydrogens (tertiary/aromatic N) is 2. The molecule has 0 radical (unpaired) electrons. The number of benzene rings is 1. The second kappa shape index (κ2) is 4.82. The molecule has 0 atom stereocenters. The first-order chi connectivity index (χ1) is 9.17. The predicted octanol–water partition coefficient (Wildman–Crippen LogP) is 2.97. The summed E-state index contributed by atoms with van der Waals surface area (Å²) in [5.41, 5.74) is 1.49. The minimum absolute atomic E-state index is 0.574. The molecule has 2 aromatic rings. The summed E-state index contributed by atoms with van der Waals surface area (Å²) in [6, 6.07) is 12.6. The standard InChI is InChI=1S/C16H20N2O/c1-18-12-9-15(17-18)16(19)10-7-14(8-11-16)13-5-3-2-4-6-13/h2-6,9,12,14,19H,7-8,10-11H2,1H3. The molecule has 19 heavy (non-hydrogen) atoms. The van der Waals surface area contributed by atoms with Crippen LogP contribution in [0.3, 0.4) is 0 Å². The lowest BCUT2D eigenvalue weighted by Crippen LogP contribution is -2.31. The predicted molar refractivity (Wildman–Crippen MR) is 74.8 cm³/mol. The van der Waals surface area contributed by atoms with Crippen molar-refractivity contribution in [2.24, 2.45) is 7.05 Å². The zero-order chi connectivity index (χ0) is 13.3. The van der Waals surface area contributed by atoms with Crippen molar-refractivity contribution < 1.29 is 5.11 Å². The lowest BCUT2D eigenvalue weighted by atomic mass is 9.75. The number of aliphatic hydroxyl groups is 1. The van der Waals surface area contributed by atoms with Crippen molar-refractivity contribution in [3.8, 4) is 0 Å². The second-order valence-corrected chi connectivity index (χ2v) is 5.59. The maximum absolute atomic E-state index is 10.7. The molecule has 1 aromatic heterocycles. The van der Waals surface area contributed by atoms with Crippen LogP contribution in [0.15, 0.2) is 42.6 Å². The fourth-order valence-electron chi connectivity index (χ4n) is 3.07. The molecule has 1 N–H and O–H groups in total. The Bertz CT molecular complexity index is 539. The van der Waals surface area contributed by atoms with Crippen molar-refractivity contribution in [1.82, 2.24) is 9.78 Å². The molecule has 0 aliphatic heterocycles. The van der Waals surface area contributed by atoms with Gasteiger partial charge < -0.3 is 5.11 Å². The van der Waals surface area contributed by atoms with E-state index in [-0.39, 0.29) is 0 Å². The quantitative estimate of drug-likeness (QED) is 0.897. The Morgan fingerprint density at radius 3 is 2.42 bits per heavy atom. The highest BCUT2D eigenvalue weighted by atomic mass is 16.3. The molecule has 1 aromatic carbocycles. The van der Waals surface area contributed by atoms with Gasteiger partial charge in [0.1, 0.15) is 5.60 Å². The van der Waals surface area contributed by atoms with Crippen LogP contribution in [0.1, 0.15) is 42.9 Å². The molecule has 0 unspecified atom stereocenters. The van der Waals surface area contributed by atoms with E-state index in [0.29, 0.717) is 5.92 Å². The van der Waals surface area contributed by atoms with Crippen LogP contribution >= 0.6 is 0 Å². The van der Waals surface area contributed by atoms with E-state index in [1.54, 1.807) is 4.68 Å². The van der Waals surface area contributed by atoms with Crippen LogP contribution in [-0.2, 0) is 12.6 Å². The highest BCUT2D eigenvalue weighted by molar-refractivity contribution is 5.22. The minimum Gasteiger partial charge on any atom is -0.383 e. The van der Waals surface area contributed by atoms with E-state index in [0.717, 1.165) is 31.4 Å². The highest BCUT2D eigenvalue weighted by Crippen LogP contribution is 2.42. The van der Waals surface area contributed by atoms with E-state index in [1.807, 2.05) is 19.3 Å². The maximum atomic E-state index is 10.7. The summed E-state index contributed by atoms with van der Waals surface area (Å²) in [7, 11) is 1.89. The molecule has 0 saturated heterocycles. The molecule has 3 nitrogen and oxygen atoms in total. The Hall–Kier alpha value is -1.61. The van der Waals surface area contributed by atoms with Gasteiger partial charge in [-0.2, -0.15) is 5.10 Å². The summed E-state index contributed by atoms with van der Waals surface area (Å²) >= 11 is 0. The Kier molecular flexibility index (Phi) is 3.15. The second-order valence-electron chi connectivity index (χ2n) is 5.59. The Labute approximate surface area is 113 Å². The third-order valence-corrected chi connectivity index (χ3v) is 4.27. The number of hydrogen-bond donors (Lipinski definition) is 1. The highest BCUT2D eigenvalue weighted by Gasteiger charge is 2.36. The summed E-state index contributed by atoms with van der Waals surface area (Å²) in [5, 5.41) is 15.1. The van der Waals surface area contributed by atoms with E-state index in [4.69, 9.17) is 0 Å². The number of aryl methyl sites for hydroxylation is 1. The van der Waals surface area contributed by atoms with Gasteiger partial charge in [-0.25, -0.2) is 0 Å². The van der Waals surface area contributed by atoms with Gasteiger partial charge in [0.25, 0.3) is 0 Å². The fraction of sp³-hybridized carbons (Fsp3) is 0.438. The van der Waals surface area contributed by atoms with Gasteiger partial charge in [-0.3, -0.25) is 4.68 Å². The normalized spacial score (nSPS) is 27.4. The van der Waals surface area contributed by atoms with Gasteiger partial charge in [-0.15, -0.1) is 0 Å². The summed E-state index contributed by atoms with van der Waals surface area (Å²) in [5.74, 6) is 0.574. The average Bonchev–Trinajstić information content (AvgIpc) is 2.88. The van der Waals surface area contributed by atoms with Gasteiger partial charge >= 0.3 is 0 Å². The molecule has 0 spiro atoms. The van der Waals surface area contributed by atoms with Gasteiger partial charge in [0.15, 0.2) is 0 Å². The third kappa shape index (κ3) is 2.43. The lowest BCUT2D eigenvalue weighted by Gasteiger charge is -2.35. The smallest absolute Gasteiger partial charge is 0.108 e. The van der Waals surface area contributed by atoms with E-state index in [1.165, 1.54) is 5.56 Å². The molecule has 1 aliphatic rings. The van der Waals surface area contributed by atoms with Gasteiger partial charge in [0.05, 0.1) is 5.69 Å². The molecule has 1 aliphatic carbocycles. The summed E-state index contributed by atoms with van der Waals surface area (Å²) in [4.78, 5) is 0. The zero-order valence-corrected chi connectivity index (χ0v) is 11.3. The van der Waals surface area contributed by atoms with Crippen molar-refractivity contribution in [2.75, 3.05) is 0 Å². The monoisotopic (exact) mass is 256 g/mol. The van der Waals surface area contributed by atoms with Crippen LogP contribution in [0.2, 0.25) is 0 Å². The molecule has 100 valence electrons. The Morgan fingerprint density at radius 1 is 1.16 bits per heavy atom. The van der Waals surface area contributed by atoms with E-state index in [9.17, 15) is 5.11 Å². The first-order valence-corrected chi connectivity index (χ1v) is 6.95. The largest absolute Gasteiger partial charge is 0.383 e. The van der Waals surface area contributed by atoms with E-state index >= 15 is 0 Å². The van der Waals surface area contributed by atoms with Crippen LogP contribution in [-0.4, -0.2) is 14.9 Å². The van der Waals surface area contributed by atoms with Crippen LogP contribution in [0.25, 0.3) is 0 Å². The lowest BCUT2D eigenvalue weighted by molar-refractivity contribution is -0.01000. The molecule has 1 saturated carbocycles. The Morgan fingerprint density at radius 2 is 1.84 bits per heavy atom. The van der Waals surface area contributed by atoms with Crippen molar-refractivity contribution in [3.63, 3.8) is 0 Å². The zero-order valence-electron chi connectivity index (χ0n) is 11.3. The molecular weight excluding hydrogens is 236 g/mol. The summed E-state index contributed by atoms with van der Waals surface area (Å²) < 4.78 is 1.76. The molecular formula is C16H20N2O. The summed E-state index contributed by atoms with van der Waals surface area (Å²) in [6.45, 7) is 0. The maximum Gasteiger partial charge on any atom is 0.108 e. The minimum atomic E-state index is -0.730. The topological polar surface area (TPSA) is 38.0 Å². The van der Waals surface area contributed by atoms with Gasteiger partial charge in [-0.1, -0.05) is 30.3 Å². The Balaban J connectivity index is 1.72. The first-order valence-electron chi connectivity index (χ1n) is 6.95. The van der Waals surface area contributed by atoms with E-state index in [2.05, 4.69) is 35.4 Å². The van der Waals surface area contributed by atoms with Crippen LogP contribution < -0.4 is 0 Å². The number of rotatable bonds is 2. The molecule has 1 heterocycles. The van der Waals surface area contributed by atoms with Gasteiger partial charge in [-0.05, 0) is 43.2 Å². The van der Waals surface area contributed by atoms with Crippen LogP contribution in [0, 0.1) is 0 Å². The molecule has 3 heteroatoms. The van der Waals surface area contributed by atoms with Gasteiger partial charge in [0.2, 0.25) is 0 Å². The van der Waals surface area contributed by atoms with Crippen molar-refractivity contribution in [1.29, 1.82) is 0 Å². The van der Waals surface area contributed by atoms with Crippen LogP contribution in [0.4, 0.5) is 0 Å². The van der Waals surface area contributed by atoms with E-state index < -0.39 is 5.60 Å². The molecule has 0 bridgehead atoms.